The molecule has 1 heterocycles. The summed E-state index contributed by atoms with van der Waals surface area (Å²) in [7, 11) is 0. The van der Waals surface area contributed by atoms with Gasteiger partial charge in [0.15, 0.2) is 0 Å². The molecular formula is C15H27N3. The molecule has 2 rings (SSSR count). The highest BCUT2D eigenvalue weighted by molar-refractivity contribution is 5.08. The molecule has 0 spiro atoms. The fourth-order valence-electron chi connectivity index (χ4n) is 3.19. The first kappa shape index (κ1) is 13.6. The van der Waals surface area contributed by atoms with Crippen molar-refractivity contribution < 1.29 is 0 Å². The molecule has 1 aromatic heterocycles. The third-order valence-electron chi connectivity index (χ3n) is 4.29. The monoisotopic (exact) mass is 249 g/mol. The van der Waals surface area contributed by atoms with Gasteiger partial charge >= 0.3 is 0 Å². The molecule has 0 radical (unpaired) electrons. The topological polar surface area (TPSA) is 40.7 Å². The summed E-state index contributed by atoms with van der Waals surface area (Å²) in [4.78, 5) is 0. The van der Waals surface area contributed by atoms with Gasteiger partial charge < -0.3 is 5.32 Å². The van der Waals surface area contributed by atoms with Gasteiger partial charge in [-0.25, -0.2) is 0 Å². The normalized spacial score (nSPS) is 26.8. The smallest absolute Gasteiger partial charge is 0.0534 e. The van der Waals surface area contributed by atoms with Crippen LogP contribution >= 0.6 is 0 Å². The fraction of sp³-hybridized carbons (Fsp3) is 0.800. The summed E-state index contributed by atoms with van der Waals surface area (Å²) in [6.45, 7) is 4.54. The highest BCUT2D eigenvalue weighted by Gasteiger charge is 2.20. The first-order valence-electron chi connectivity index (χ1n) is 7.54. The van der Waals surface area contributed by atoms with E-state index in [2.05, 4.69) is 29.4 Å². The van der Waals surface area contributed by atoms with Gasteiger partial charge in [-0.1, -0.05) is 32.6 Å². The Hall–Kier alpha value is -0.830. The van der Waals surface area contributed by atoms with Crippen molar-refractivity contribution in [2.45, 2.75) is 70.9 Å². The zero-order valence-corrected chi connectivity index (χ0v) is 11.8. The lowest BCUT2D eigenvalue weighted by atomic mass is 9.95. The maximum Gasteiger partial charge on any atom is 0.0534 e. The molecule has 3 nitrogen and oxygen atoms in total. The number of aromatic amines is 1. The Balaban J connectivity index is 1.79. The van der Waals surface area contributed by atoms with E-state index in [1.54, 1.807) is 0 Å². The van der Waals surface area contributed by atoms with Gasteiger partial charge in [-0.15, -0.1) is 0 Å². The molecule has 0 aromatic carbocycles. The second-order valence-electron chi connectivity index (χ2n) is 5.78. The summed E-state index contributed by atoms with van der Waals surface area (Å²) in [5, 5.41) is 10.7. The Labute approximate surface area is 111 Å². The summed E-state index contributed by atoms with van der Waals surface area (Å²) < 4.78 is 0. The van der Waals surface area contributed by atoms with Crippen LogP contribution < -0.4 is 5.32 Å². The van der Waals surface area contributed by atoms with Crippen LogP contribution in [0.4, 0.5) is 0 Å². The molecule has 1 aliphatic carbocycles. The summed E-state index contributed by atoms with van der Waals surface area (Å²) in [5.41, 5.74) is 1.27. The second-order valence-corrected chi connectivity index (χ2v) is 5.78. The molecule has 0 aliphatic heterocycles. The van der Waals surface area contributed by atoms with Crippen LogP contribution in [0, 0.1) is 5.92 Å². The predicted molar refractivity (Wildman–Crippen MR) is 75.4 cm³/mol. The molecule has 1 saturated carbocycles. The Morgan fingerprint density at radius 2 is 2.28 bits per heavy atom. The van der Waals surface area contributed by atoms with Crippen LogP contribution in [0.25, 0.3) is 0 Å². The molecule has 2 N–H and O–H groups in total. The Morgan fingerprint density at radius 3 is 3.00 bits per heavy atom. The molecule has 1 fully saturated rings. The number of nitrogens with zero attached hydrogens (tertiary/aromatic N) is 1. The van der Waals surface area contributed by atoms with Gasteiger partial charge in [-0.2, -0.15) is 5.10 Å². The quantitative estimate of drug-likeness (QED) is 0.779. The largest absolute Gasteiger partial charge is 0.307 e. The molecule has 18 heavy (non-hydrogen) atoms. The van der Waals surface area contributed by atoms with Crippen molar-refractivity contribution in [3.05, 3.63) is 18.0 Å². The van der Waals surface area contributed by atoms with Crippen LogP contribution in [0.1, 0.15) is 70.4 Å². The maximum atomic E-state index is 4.03. The predicted octanol–water partition coefficient (Wildman–Crippen LogP) is 3.81. The number of rotatable bonds is 5. The SMILES string of the molecule is CCCC1CCCC(NC(C)c2cn[nH]c2)CC1. The third kappa shape index (κ3) is 3.84. The van der Waals surface area contributed by atoms with E-state index in [4.69, 9.17) is 0 Å². The summed E-state index contributed by atoms with van der Waals surface area (Å²) in [5.74, 6) is 0.978. The third-order valence-corrected chi connectivity index (χ3v) is 4.29. The van der Waals surface area contributed by atoms with Crippen molar-refractivity contribution in [2.75, 3.05) is 0 Å². The molecule has 1 aliphatic rings. The fourth-order valence-corrected chi connectivity index (χ4v) is 3.19. The van der Waals surface area contributed by atoms with Gasteiger partial charge in [0.05, 0.1) is 6.20 Å². The van der Waals surface area contributed by atoms with Crippen LogP contribution in [0.15, 0.2) is 12.4 Å². The number of hydrogen-bond donors (Lipinski definition) is 2. The lowest BCUT2D eigenvalue weighted by Crippen LogP contribution is -2.30. The van der Waals surface area contributed by atoms with Crippen molar-refractivity contribution in [1.82, 2.24) is 15.5 Å². The number of hydrogen-bond acceptors (Lipinski definition) is 2. The molecule has 102 valence electrons. The Bertz CT molecular complexity index is 320. The van der Waals surface area contributed by atoms with Gasteiger partial charge in [0.2, 0.25) is 0 Å². The Kier molecular flexibility index (Phi) is 5.24. The summed E-state index contributed by atoms with van der Waals surface area (Å²) >= 11 is 0. The van der Waals surface area contributed by atoms with Gasteiger partial charge in [0.25, 0.3) is 0 Å². The second kappa shape index (κ2) is 6.93. The van der Waals surface area contributed by atoms with E-state index in [0.717, 1.165) is 5.92 Å². The van der Waals surface area contributed by atoms with Crippen molar-refractivity contribution in [2.24, 2.45) is 5.92 Å². The van der Waals surface area contributed by atoms with Gasteiger partial charge in [0, 0.05) is 23.8 Å². The summed E-state index contributed by atoms with van der Waals surface area (Å²) in [6, 6.07) is 1.10. The van der Waals surface area contributed by atoms with Crippen molar-refractivity contribution in [1.29, 1.82) is 0 Å². The number of H-pyrrole nitrogens is 1. The molecule has 3 atom stereocenters. The molecule has 0 saturated heterocycles. The first-order valence-corrected chi connectivity index (χ1v) is 7.54. The molecular weight excluding hydrogens is 222 g/mol. The average Bonchev–Trinajstić information content (AvgIpc) is 2.81. The minimum absolute atomic E-state index is 0.413. The average molecular weight is 249 g/mol. The van der Waals surface area contributed by atoms with Crippen LogP contribution in [-0.2, 0) is 0 Å². The molecule has 1 aromatic rings. The first-order chi connectivity index (χ1) is 8.79. The Morgan fingerprint density at radius 1 is 1.39 bits per heavy atom. The van der Waals surface area contributed by atoms with E-state index in [9.17, 15) is 0 Å². The van der Waals surface area contributed by atoms with Crippen molar-refractivity contribution >= 4 is 0 Å². The van der Waals surface area contributed by atoms with Gasteiger partial charge in [-0.3, -0.25) is 5.10 Å². The minimum Gasteiger partial charge on any atom is -0.307 e. The lowest BCUT2D eigenvalue weighted by molar-refractivity contribution is 0.393. The summed E-state index contributed by atoms with van der Waals surface area (Å²) in [6.07, 6.45) is 13.6. The van der Waals surface area contributed by atoms with Crippen LogP contribution in [0.2, 0.25) is 0 Å². The van der Waals surface area contributed by atoms with E-state index in [1.165, 1.54) is 50.5 Å². The van der Waals surface area contributed by atoms with Crippen molar-refractivity contribution in [3.8, 4) is 0 Å². The van der Waals surface area contributed by atoms with Gasteiger partial charge in [0.1, 0.15) is 0 Å². The molecule has 3 heteroatoms. The van der Waals surface area contributed by atoms with Crippen LogP contribution in [-0.4, -0.2) is 16.2 Å². The van der Waals surface area contributed by atoms with Crippen molar-refractivity contribution in [3.63, 3.8) is 0 Å². The lowest BCUT2D eigenvalue weighted by Gasteiger charge is -2.21. The highest BCUT2D eigenvalue weighted by Crippen LogP contribution is 2.27. The molecule has 3 unspecified atom stereocenters. The van der Waals surface area contributed by atoms with E-state index in [-0.39, 0.29) is 0 Å². The number of aromatic nitrogens is 2. The maximum absolute atomic E-state index is 4.03. The van der Waals surface area contributed by atoms with E-state index >= 15 is 0 Å². The van der Waals surface area contributed by atoms with Gasteiger partial charge in [-0.05, 0) is 32.1 Å². The highest BCUT2D eigenvalue weighted by atomic mass is 15.1. The molecule has 0 amide bonds. The standard InChI is InChI=1S/C15H27N3/c1-3-5-13-6-4-7-15(9-8-13)18-12(2)14-10-16-17-11-14/h10-13,15,18H,3-9H2,1-2H3,(H,16,17). The van der Waals surface area contributed by atoms with E-state index in [0.29, 0.717) is 12.1 Å². The zero-order valence-electron chi connectivity index (χ0n) is 11.8. The molecule has 0 bridgehead atoms. The number of nitrogens with one attached hydrogen (secondary N) is 2. The minimum atomic E-state index is 0.413. The van der Waals surface area contributed by atoms with E-state index in [1.807, 2.05) is 12.4 Å². The zero-order chi connectivity index (χ0) is 12.8. The van der Waals surface area contributed by atoms with Crippen LogP contribution in [0.5, 0.6) is 0 Å². The van der Waals surface area contributed by atoms with Crippen LogP contribution in [0.3, 0.4) is 0 Å². The van der Waals surface area contributed by atoms with E-state index < -0.39 is 0 Å².